The maximum absolute atomic E-state index is 13.1. The molecule has 4 aliphatic rings. The minimum absolute atomic E-state index is 0.0277. The van der Waals surface area contributed by atoms with Crippen molar-refractivity contribution < 1.29 is 19.7 Å². The first kappa shape index (κ1) is 24.5. The molecule has 0 spiro atoms. The van der Waals surface area contributed by atoms with Crippen molar-refractivity contribution >= 4 is 18.6 Å². The second-order valence-electron chi connectivity index (χ2n) is 13.2. The lowest BCUT2D eigenvalue weighted by Gasteiger charge is -2.69. The highest BCUT2D eigenvalue weighted by molar-refractivity contribution is 5.76. The van der Waals surface area contributed by atoms with Crippen LogP contribution in [0.15, 0.2) is 17.7 Å². The smallest absolute Gasteiger partial charge is 0.311 e. The molecule has 5 rings (SSSR count). The summed E-state index contributed by atoms with van der Waals surface area (Å²) in [5, 5.41) is 22.2. The second kappa shape index (κ2) is 7.40. The molecule has 35 heavy (non-hydrogen) atoms. The molecular formula is C31H42O4. The van der Waals surface area contributed by atoms with E-state index in [2.05, 4.69) is 53.3 Å². The number of hydrogen-bond acceptors (Lipinski definition) is 4. The van der Waals surface area contributed by atoms with E-state index in [9.17, 15) is 15.0 Å². The van der Waals surface area contributed by atoms with E-state index >= 15 is 0 Å². The summed E-state index contributed by atoms with van der Waals surface area (Å²) in [6.07, 6.45) is 11.6. The lowest BCUT2D eigenvalue weighted by molar-refractivity contribution is -0.181. The van der Waals surface area contributed by atoms with Crippen LogP contribution in [0.4, 0.5) is 0 Å². The summed E-state index contributed by atoms with van der Waals surface area (Å²) in [7, 11) is 0. The molecule has 0 radical (unpaired) electrons. The molecule has 1 aromatic carbocycles. The van der Waals surface area contributed by atoms with Gasteiger partial charge in [-0.1, -0.05) is 52.0 Å². The number of esters is 1. The molecule has 3 fully saturated rings. The molecule has 0 unspecified atom stereocenters. The zero-order valence-corrected chi connectivity index (χ0v) is 22.4. The maximum Gasteiger partial charge on any atom is 0.311 e. The number of ether oxygens (including phenoxy) is 1. The van der Waals surface area contributed by atoms with Gasteiger partial charge in [0.15, 0.2) is 11.5 Å². The summed E-state index contributed by atoms with van der Waals surface area (Å²) in [6.45, 7) is 18.2. The standard InChI is InChI=1S/C31H42O4/c1-8-35-26(34)28(4)12-11-27(3)13-15-30(6)23-10-9-20-19(2)25(33)22(32)17-21(20)29(23,5)14-16-31(30,7)24(27)18-28/h9-10,17,24,32-33H,2,8,11-16,18H2,1,3-7H3/t24-,27-,28-,29+,30-,31+/m1/s1. The molecule has 3 saturated carbocycles. The van der Waals surface area contributed by atoms with Crippen molar-refractivity contribution in [2.45, 2.75) is 91.9 Å². The Bertz CT molecular complexity index is 1250. The molecule has 2 N–H and O–H groups in total. The van der Waals surface area contributed by atoms with Gasteiger partial charge < -0.3 is 14.9 Å². The highest BCUT2D eigenvalue weighted by Gasteiger charge is 2.67. The number of carbonyl (C=O) groups is 1. The Kier molecular flexibility index (Phi) is 5.17. The van der Waals surface area contributed by atoms with Crippen molar-refractivity contribution in [1.29, 1.82) is 0 Å². The van der Waals surface area contributed by atoms with Crippen LogP contribution in [0.3, 0.4) is 0 Å². The fourth-order valence-electron chi connectivity index (χ4n) is 8.86. The van der Waals surface area contributed by atoms with Crippen LogP contribution >= 0.6 is 0 Å². The molecule has 0 heterocycles. The van der Waals surface area contributed by atoms with E-state index in [1.807, 2.05) is 6.92 Å². The van der Waals surface area contributed by atoms with Gasteiger partial charge in [0.2, 0.25) is 0 Å². The van der Waals surface area contributed by atoms with Crippen molar-refractivity contribution in [2.24, 2.45) is 27.6 Å². The van der Waals surface area contributed by atoms with Gasteiger partial charge in [-0.2, -0.15) is 0 Å². The van der Waals surface area contributed by atoms with Crippen molar-refractivity contribution in [2.75, 3.05) is 6.61 Å². The number of aromatic hydroxyl groups is 2. The molecule has 190 valence electrons. The van der Waals surface area contributed by atoms with Crippen molar-refractivity contribution in [3.05, 3.63) is 33.7 Å². The normalized spacial score (nSPS) is 41.9. The number of phenols is 2. The average Bonchev–Trinajstić information content (AvgIpc) is 2.81. The number of phenolic OH excluding ortho intramolecular Hbond substituents is 2. The summed E-state index contributed by atoms with van der Waals surface area (Å²) in [4.78, 5) is 13.1. The van der Waals surface area contributed by atoms with Crippen LogP contribution < -0.4 is 10.4 Å². The van der Waals surface area contributed by atoms with E-state index in [4.69, 9.17) is 4.74 Å². The van der Waals surface area contributed by atoms with Crippen LogP contribution in [0.1, 0.15) is 92.1 Å². The molecule has 6 atom stereocenters. The van der Waals surface area contributed by atoms with Gasteiger partial charge in [0.1, 0.15) is 0 Å². The second-order valence-corrected chi connectivity index (χ2v) is 13.2. The fraction of sp³-hybridized carbons (Fsp3) is 0.645. The van der Waals surface area contributed by atoms with Gasteiger partial charge in [-0.25, -0.2) is 0 Å². The maximum atomic E-state index is 13.1. The van der Waals surface area contributed by atoms with E-state index in [0.717, 1.165) is 55.7 Å². The van der Waals surface area contributed by atoms with E-state index < -0.39 is 5.41 Å². The number of hydrogen-bond donors (Lipinski definition) is 2. The number of benzene rings is 1. The van der Waals surface area contributed by atoms with E-state index in [-0.39, 0.29) is 39.1 Å². The molecule has 0 bridgehead atoms. The zero-order valence-electron chi connectivity index (χ0n) is 22.4. The number of fused-ring (bicyclic) bond motifs is 7. The lowest BCUT2D eigenvalue weighted by atomic mass is 9.35. The van der Waals surface area contributed by atoms with Gasteiger partial charge in [-0.15, -0.1) is 0 Å². The highest BCUT2D eigenvalue weighted by Crippen LogP contribution is 2.74. The largest absolute Gasteiger partial charge is 0.504 e. The Hall–Kier alpha value is -2.23. The zero-order chi connectivity index (χ0) is 25.6. The Morgan fingerprint density at radius 3 is 2.40 bits per heavy atom. The van der Waals surface area contributed by atoms with Gasteiger partial charge in [-0.3, -0.25) is 4.79 Å². The lowest BCUT2D eigenvalue weighted by Crippen LogP contribution is -2.63. The van der Waals surface area contributed by atoms with Crippen LogP contribution in [0.2, 0.25) is 0 Å². The van der Waals surface area contributed by atoms with E-state index in [0.29, 0.717) is 17.7 Å². The first-order valence-electron chi connectivity index (χ1n) is 13.4. The SMILES string of the molecule is C=c1c(O)c(O)cc2c1=CC=C1[C@@]2(C)CC[C@@]2(C)[C@@H]3C[C@](C)(C(=O)OCC)CC[C@]3(C)CC[C@]12C. The Balaban J connectivity index is 1.63. The number of carbonyl (C=O) groups excluding carboxylic acids is 1. The Labute approximate surface area is 209 Å². The summed E-state index contributed by atoms with van der Waals surface area (Å²) >= 11 is 0. The summed E-state index contributed by atoms with van der Waals surface area (Å²) < 4.78 is 5.56. The van der Waals surface area contributed by atoms with Gasteiger partial charge in [-0.05, 0) is 97.8 Å². The van der Waals surface area contributed by atoms with Crippen LogP contribution in [0.5, 0.6) is 11.5 Å². The predicted molar refractivity (Wildman–Crippen MR) is 139 cm³/mol. The molecule has 0 amide bonds. The van der Waals surface area contributed by atoms with E-state index in [1.165, 1.54) is 5.57 Å². The predicted octanol–water partition coefficient (Wildman–Crippen LogP) is 5.46. The monoisotopic (exact) mass is 478 g/mol. The minimum Gasteiger partial charge on any atom is -0.504 e. The molecule has 0 aliphatic heterocycles. The van der Waals surface area contributed by atoms with Crippen molar-refractivity contribution in [1.82, 2.24) is 0 Å². The average molecular weight is 479 g/mol. The molecule has 0 aromatic heterocycles. The first-order chi connectivity index (χ1) is 16.3. The van der Waals surface area contributed by atoms with Crippen molar-refractivity contribution in [3.8, 4) is 11.5 Å². The van der Waals surface area contributed by atoms with Crippen LogP contribution in [0.25, 0.3) is 12.7 Å². The van der Waals surface area contributed by atoms with Crippen LogP contribution in [-0.2, 0) is 14.9 Å². The third-order valence-electron chi connectivity index (χ3n) is 11.5. The first-order valence-corrected chi connectivity index (χ1v) is 13.4. The summed E-state index contributed by atoms with van der Waals surface area (Å²) in [5.74, 6) is 0.189. The molecule has 4 nitrogen and oxygen atoms in total. The quantitative estimate of drug-likeness (QED) is 0.437. The minimum atomic E-state index is -0.423. The van der Waals surface area contributed by atoms with Gasteiger partial charge >= 0.3 is 5.97 Å². The highest BCUT2D eigenvalue weighted by atomic mass is 16.5. The topological polar surface area (TPSA) is 66.8 Å². The van der Waals surface area contributed by atoms with Gasteiger partial charge in [0, 0.05) is 10.6 Å². The summed E-state index contributed by atoms with van der Waals surface area (Å²) in [6, 6.07) is 1.76. The third-order valence-corrected chi connectivity index (χ3v) is 11.5. The molecule has 4 heteroatoms. The molecule has 4 aliphatic carbocycles. The molecule has 1 aromatic rings. The van der Waals surface area contributed by atoms with Crippen LogP contribution in [-0.4, -0.2) is 22.8 Å². The number of rotatable bonds is 2. The fourth-order valence-corrected chi connectivity index (χ4v) is 8.86. The molecular weight excluding hydrogens is 436 g/mol. The molecule has 0 saturated heterocycles. The summed E-state index contributed by atoms with van der Waals surface area (Å²) in [5.41, 5.74) is 2.12. The number of allylic oxidation sites excluding steroid dienone is 2. The van der Waals surface area contributed by atoms with E-state index in [1.54, 1.807) is 6.07 Å². The van der Waals surface area contributed by atoms with Crippen molar-refractivity contribution in [3.63, 3.8) is 0 Å². The van der Waals surface area contributed by atoms with Crippen LogP contribution in [0, 0.1) is 27.6 Å². The van der Waals surface area contributed by atoms with Gasteiger partial charge in [0.25, 0.3) is 0 Å². The third kappa shape index (κ3) is 3.01. The Morgan fingerprint density at radius 1 is 1.03 bits per heavy atom. The Morgan fingerprint density at radius 2 is 1.71 bits per heavy atom. The van der Waals surface area contributed by atoms with Gasteiger partial charge in [0.05, 0.1) is 12.0 Å².